The minimum Gasteiger partial charge on any atom is -0.369 e. The van der Waals surface area contributed by atoms with Crippen LogP contribution in [0, 0.1) is 6.92 Å². The van der Waals surface area contributed by atoms with Gasteiger partial charge in [-0.05, 0) is 30.2 Å². The van der Waals surface area contributed by atoms with Gasteiger partial charge in [0.05, 0.1) is 25.1 Å². The fourth-order valence-corrected chi connectivity index (χ4v) is 5.03. The van der Waals surface area contributed by atoms with E-state index in [9.17, 15) is 0 Å². The summed E-state index contributed by atoms with van der Waals surface area (Å²) in [5, 5.41) is -0.0686. The van der Waals surface area contributed by atoms with Gasteiger partial charge < -0.3 is 18.9 Å². The summed E-state index contributed by atoms with van der Waals surface area (Å²) in [7, 11) is 1.69. The van der Waals surface area contributed by atoms with Gasteiger partial charge in [-0.15, -0.1) is 11.8 Å². The molecule has 4 rings (SSSR count). The highest BCUT2D eigenvalue weighted by Gasteiger charge is 2.43. The minimum absolute atomic E-state index is 0.0686. The van der Waals surface area contributed by atoms with Crippen molar-refractivity contribution in [1.82, 2.24) is 0 Å². The smallest absolute Gasteiger partial charge is 0.172 e. The third-order valence-electron chi connectivity index (χ3n) is 5.50. The molecule has 0 saturated carbocycles. The van der Waals surface area contributed by atoms with E-state index in [-0.39, 0.29) is 23.7 Å². The Bertz CT molecular complexity index is 933. The van der Waals surface area contributed by atoms with Crippen molar-refractivity contribution in [3.05, 3.63) is 102 Å². The third-order valence-corrected chi connectivity index (χ3v) is 6.81. The molecule has 1 fully saturated rings. The Labute approximate surface area is 194 Å². The van der Waals surface area contributed by atoms with Crippen molar-refractivity contribution in [3.63, 3.8) is 0 Å². The van der Waals surface area contributed by atoms with Crippen LogP contribution in [0.4, 0.5) is 0 Å². The molecule has 168 valence electrons. The average Bonchev–Trinajstić information content (AvgIpc) is 2.84. The van der Waals surface area contributed by atoms with Gasteiger partial charge >= 0.3 is 0 Å². The lowest BCUT2D eigenvalue weighted by molar-refractivity contribution is -0.225. The molecule has 32 heavy (non-hydrogen) atoms. The molecule has 1 saturated heterocycles. The predicted octanol–water partition coefficient (Wildman–Crippen LogP) is 5.63. The van der Waals surface area contributed by atoms with Crippen LogP contribution in [0.3, 0.4) is 0 Å². The lowest BCUT2D eigenvalue weighted by atomic mass is 10.1. The first-order valence-electron chi connectivity index (χ1n) is 10.9. The van der Waals surface area contributed by atoms with E-state index in [0.717, 1.165) is 16.0 Å². The molecule has 3 aromatic rings. The van der Waals surface area contributed by atoms with E-state index in [1.165, 1.54) is 5.56 Å². The van der Waals surface area contributed by atoms with Gasteiger partial charge in [0.1, 0.15) is 12.2 Å². The summed E-state index contributed by atoms with van der Waals surface area (Å²) in [6.07, 6.45) is -0.768. The number of thioether (sulfide) groups is 1. The number of hydrogen-bond acceptors (Lipinski definition) is 5. The van der Waals surface area contributed by atoms with Crippen molar-refractivity contribution in [2.45, 2.75) is 48.8 Å². The Morgan fingerprint density at radius 2 is 1.41 bits per heavy atom. The van der Waals surface area contributed by atoms with Crippen LogP contribution in [-0.4, -0.2) is 37.5 Å². The maximum Gasteiger partial charge on any atom is 0.172 e. The first-order chi connectivity index (χ1) is 15.7. The second-order valence-electron chi connectivity index (χ2n) is 7.93. The highest BCUT2D eigenvalue weighted by atomic mass is 32.2. The molecule has 0 N–H and O–H groups in total. The summed E-state index contributed by atoms with van der Waals surface area (Å²) in [6.45, 7) is 3.54. The molecule has 3 aromatic carbocycles. The van der Waals surface area contributed by atoms with Gasteiger partial charge in [0.2, 0.25) is 0 Å². The molecule has 0 aliphatic carbocycles. The molecule has 1 heterocycles. The van der Waals surface area contributed by atoms with E-state index in [1.54, 1.807) is 18.9 Å². The Hall–Kier alpha value is -2.15. The van der Waals surface area contributed by atoms with Crippen LogP contribution in [0.15, 0.2) is 89.8 Å². The van der Waals surface area contributed by atoms with Crippen LogP contribution in [0.25, 0.3) is 0 Å². The lowest BCUT2D eigenvalue weighted by Crippen LogP contribution is -2.54. The molecule has 0 aromatic heterocycles. The molecule has 4 atom stereocenters. The van der Waals surface area contributed by atoms with Crippen LogP contribution in [0.1, 0.15) is 16.7 Å². The molecule has 0 spiro atoms. The van der Waals surface area contributed by atoms with Crippen molar-refractivity contribution in [1.29, 1.82) is 0 Å². The molecule has 1 aliphatic rings. The number of benzene rings is 3. The van der Waals surface area contributed by atoms with Crippen molar-refractivity contribution < 1.29 is 18.9 Å². The maximum absolute atomic E-state index is 6.50. The van der Waals surface area contributed by atoms with Crippen LogP contribution in [0.5, 0.6) is 0 Å². The number of hydrogen-bond donors (Lipinski definition) is 0. The van der Waals surface area contributed by atoms with E-state index < -0.39 is 0 Å². The van der Waals surface area contributed by atoms with Gasteiger partial charge in [-0.3, -0.25) is 0 Å². The van der Waals surface area contributed by atoms with Crippen molar-refractivity contribution >= 4 is 11.8 Å². The highest BCUT2D eigenvalue weighted by Crippen LogP contribution is 2.36. The molecule has 0 unspecified atom stereocenters. The zero-order chi connectivity index (χ0) is 22.2. The minimum atomic E-state index is -0.376. The number of aryl methyl sites for hydroxylation is 1. The molecule has 1 aliphatic heterocycles. The fourth-order valence-electron chi connectivity index (χ4n) is 3.73. The van der Waals surface area contributed by atoms with E-state index in [4.69, 9.17) is 18.9 Å². The predicted molar refractivity (Wildman–Crippen MR) is 128 cm³/mol. The standard InChI is InChI=1S/C27H30O4S/c1-20-13-15-23(16-14-20)32-26-25(30-18-22-11-7-4-8-12-22)24(19-31-27(26)28-2)29-17-21-9-5-3-6-10-21/h3-16,24-27H,17-19H2,1-2H3/t24-,25-,26-,27-/m1/s1. The number of rotatable bonds is 9. The van der Waals surface area contributed by atoms with E-state index in [1.807, 2.05) is 36.4 Å². The second kappa shape index (κ2) is 11.6. The Morgan fingerprint density at radius 3 is 2.00 bits per heavy atom. The van der Waals surface area contributed by atoms with Gasteiger partial charge in [-0.2, -0.15) is 0 Å². The topological polar surface area (TPSA) is 36.9 Å². The Balaban J connectivity index is 1.53. The second-order valence-corrected chi connectivity index (χ2v) is 9.18. The zero-order valence-corrected chi connectivity index (χ0v) is 19.4. The molecular weight excluding hydrogens is 420 g/mol. The molecule has 5 heteroatoms. The quantitative estimate of drug-likeness (QED) is 0.422. The van der Waals surface area contributed by atoms with Crippen LogP contribution in [-0.2, 0) is 32.2 Å². The summed E-state index contributed by atoms with van der Waals surface area (Å²) < 4.78 is 24.6. The molecule has 0 amide bonds. The Morgan fingerprint density at radius 1 is 0.812 bits per heavy atom. The third kappa shape index (κ3) is 6.21. The van der Waals surface area contributed by atoms with Crippen molar-refractivity contribution in [2.75, 3.05) is 13.7 Å². The Kier molecular flexibility index (Phi) is 8.37. The number of ether oxygens (including phenoxy) is 4. The summed E-state index contributed by atoms with van der Waals surface area (Å²) in [5.74, 6) is 0. The monoisotopic (exact) mass is 450 g/mol. The normalized spacial score (nSPS) is 23.2. The van der Waals surface area contributed by atoms with E-state index in [0.29, 0.717) is 19.8 Å². The summed E-state index contributed by atoms with van der Waals surface area (Å²) >= 11 is 1.72. The first kappa shape index (κ1) is 23.0. The van der Waals surface area contributed by atoms with Crippen molar-refractivity contribution in [2.24, 2.45) is 0 Å². The van der Waals surface area contributed by atoms with Crippen LogP contribution in [0.2, 0.25) is 0 Å². The SMILES string of the molecule is CO[C@@H]1OC[C@@H](OCc2ccccc2)[C@@H](OCc2ccccc2)[C@H]1Sc1ccc(C)cc1. The van der Waals surface area contributed by atoms with Gasteiger partial charge in [0.15, 0.2) is 6.29 Å². The van der Waals surface area contributed by atoms with Crippen molar-refractivity contribution in [3.8, 4) is 0 Å². The molecule has 0 radical (unpaired) electrons. The lowest BCUT2D eigenvalue weighted by Gasteiger charge is -2.41. The molecule has 4 nitrogen and oxygen atoms in total. The van der Waals surface area contributed by atoms with Gasteiger partial charge in [-0.1, -0.05) is 78.4 Å². The first-order valence-corrected chi connectivity index (χ1v) is 11.8. The summed E-state index contributed by atoms with van der Waals surface area (Å²) in [4.78, 5) is 1.16. The molecular formula is C27H30O4S. The fraction of sp³-hybridized carbons (Fsp3) is 0.333. The van der Waals surface area contributed by atoms with Gasteiger partial charge in [0.25, 0.3) is 0 Å². The van der Waals surface area contributed by atoms with Gasteiger partial charge in [-0.25, -0.2) is 0 Å². The summed E-state index contributed by atoms with van der Waals surface area (Å²) in [5.41, 5.74) is 3.50. The average molecular weight is 451 g/mol. The van der Waals surface area contributed by atoms with E-state index >= 15 is 0 Å². The van der Waals surface area contributed by atoms with E-state index in [2.05, 4.69) is 55.5 Å². The number of methoxy groups -OCH3 is 1. The highest BCUT2D eigenvalue weighted by molar-refractivity contribution is 8.00. The largest absolute Gasteiger partial charge is 0.369 e. The molecule has 0 bridgehead atoms. The van der Waals surface area contributed by atoms with Gasteiger partial charge in [0, 0.05) is 12.0 Å². The van der Waals surface area contributed by atoms with Crippen LogP contribution < -0.4 is 0 Å². The zero-order valence-electron chi connectivity index (χ0n) is 18.6. The maximum atomic E-state index is 6.50. The summed E-state index contributed by atoms with van der Waals surface area (Å²) in [6, 6.07) is 28.9. The van der Waals surface area contributed by atoms with Crippen LogP contribution >= 0.6 is 11.8 Å².